The van der Waals surface area contributed by atoms with Gasteiger partial charge < -0.3 is 4.74 Å². The number of unbranched alkanes of at least 4 members (excludes halogenated alkanes) is 48. The lowest BCUT2D eigenvalue weighted by atomic mass is 10.0. The molecule has 0 saturated carbocycles. The van der Waals surface area contributed by atoms with Crippen LogP contribution in [0.3, 0.4) is 0 Å². The second kappa shape index (κ2) is 53.5. The summed E-state index contributed by atoms with van der Waals surface area (Å²) in [7, 11) is 0. The topological polar surface area (TPSA) is 26.3 Å². The second-order valence-electron chi connectivity index (χ2n) is 18.9. The molecule has 0 saturated heterocycles. The van der Waals surface area contributed by atoms with Crippen molar-refractivity contribution >= 4 is 5.97 Å². The van der Waals surface area contributed by atoms with Gasteiger partial charge in [-0.15, -0.1) is 0 Å². The second-order valence-corrected chi connectivity index (χ2v) is 18.9. The zero-order chi connectivity index (χ0) is 41.1. The van der Waals surface area contributed by atoms with Gasteiger partial charge in [-0.2, -0.15) is 0 Å². The number of ether oxygens (including phenoxy) is 1. The highest BCUT2D eigenvalue weighted by molar-refractivity contribution is 5.69. The quantitative estimate of drug-likeness (QED) is 0.0452. The van der Waals surface area contributed by atoms with Crippen molar-refractivity contribution in [2.75, 3.05) is 6.61 Å². The van der Waals surface area contributed by atoms with Crippen LogP contribution < -0.4 is 0 Å². The molecule has 0 rings (SSSR count). The third-order valence-electron chi connectivity index (χ3n) is 13.0. The van der Waals surface area contributed by atoms with Crippen molar-refractivity contribution in [3.63, 3.8) is 0 Å². The minimum atomic E-state index is 0.0350. The minimum Gasteiger partial charge on any atom is -0.466 e. The Morgan fingerprint density at radius 2 is 0.386 bits per heavy atom. The number of carbonyl (C=O) groups is 1. The molecule has 0 radical (unpaired) electrons. The summed E-state index contributed by atoms with van der Waals surface area (Å²) in [4.78, 5) is 12.1. The van der Waals surface area contributed by atoms with Gasteiger partial charge in [0.25, 0.3) is 0 Å². The first kappa shape index (κ1) is 56.5. The Kier molecular flexibility index (Phi) is 53.0. The Balaban J connectivity index is 3.13. The maximum Gasteiger partial charge on any atom is 0.305 e. The molecule has 2 nitrogen and oxygen atoms in total. The van der Waals surface area contributed by atoms with E-state index in [1.807, 2.05) is 0 Å². The van der Waals surface area contributed by atoms with E-state index in [4.69, 9.17) is 4.74 Å². The van der Waals surface area contributed by atoms with Gasteiger partial charge in [0.15, 0.2) is 0 Å². The summed E-state index contributed by atoms with van der Waals surface area (Å²) in [6, 6.07) is 0. The van der Waals surface area contributed by atoms with Gasteiger partial charge in [0.1, 0.15) is 0 Å². The first-order valence-electron chi connectivity index (χ1n) is 27.5. The molecule has 0 amide bonds. The van der Waals surface area contributed by atoms with Crippen LogP contribution in [0.5, 0.6) is 0 Å². The summed E-state index contributed by atoms with van der Waals surface area (Å²) in [5, 5.41) is 0. The summed E-state index contributed by atoms with van der Waals surface area (Å²) in [6.45, 7) is 5.24. The molecule has 0 aliphatic heterocycles. The molecule has 0 unspecified atom stereocenters. The average Bonchev–Trinajstić information content (AvgIpc) is 3.22. The van der Waals surface area contributed by atoms with Crippen LogP contribution in [0.2, 0.25) is 0 Å². The molecule has 0 N–H and O–H groups in total. The lowest BCUT2D eigenvalue weighted by Gasteiger charge is -2.06. The number of hydrogen-bond donors (Lipinski definition) is 0. The molecule has 0 aromatic carbocycles. The molecule has 0 aliphatic carbocycles. The highest BCUT2D eigenvalue weighted by Gasteiger charge is 2.03. The summed E-state index contributed by atoms with van der Waals surface area (Å²) in [5.74, 6) is 0.0350. The van der Waals surface area contributed by atoms with E-state index < -0.39 is 0 Å². The summed E-state index contributed by atoms with van der Waals surface area (Å²) in [6.07, 6.45) is 71.3. The fourth-order valence-corrected chi connectivity index (χ4v) is 8.91. The molecule has 342 valence electrons. The largest absolute Gasteiger partial charge is 0.466 e. The van der Waals surface area contributed by atoms with E-state index in [9.17, 15) is 4.79 Å². The zero-order valence-corrected chi connectivity index (χ0v) is 40.1. The van der Waals surface area contributed by atoms with Crippen molar-refractivity contribution in [1.29, 1.82) is 0 Å². The normalized spacial score (nSPS) is 11.5. The maximum absolute atomic E-state index is 12.1. The standard InChI is InChI=1S/C55H110O2/c1-3-5-7-9-11-13-15-17-19-21-23-24-25-26-27-28-29-30-31-32-33-34-35-37-39-41-43-45-47-49-51-53-55(56)57-54-52-50-48-46-44-42-40-38-36-22-20-18-16-14-12-10-8-6-4-2/h3-54H2,1-2H3. The molecule has 0 fully saturated rings. The van der Waals surface area contributed by atoms with E-state index in [0.29, 0.717) is 13.0 Å². The summed E-state index contributed by atoms with van der Waals surface area (Å²) >= 11 is 0. The van der Waals surface area contributed by atoms with E-state index in [-0.39, 0.29) is 5.97 Å². The third-order valence-corrected chi connectivity index (χ3v) is 13.0. The van der Waals surface area contributed by atoms with E-state index in [2.05, 4.69) is 13.8 Å². The van der Waals surface area contributed by atoms with Gasteiger partial charge in [-0.25, -0.2) is 0 Å². The molecule has 2 heteroatoms. The van der Waals surface area contributed by atoms with Crippen LogP contribution in [0.1, 0.15) is 341 Å². The van der Waals surface area contributed by atoms with Gasteiger partial charge in [0.2, 0.25) is 0 Å². The minimum absolute atomic E-state index is 0.0350. The average molecular weight is 803 g/mol. The molecule has 0 aromatic rings. The maximum atomic E-state index is 12.1. The van der Waals surface area contributed by atoms with Gasteiger partial charge in [-0.3, -0.25) is 4.79 Å². The number of rotatable bonds is 52. The number of hydrogen-bond acceptors (Lipinski definition) is 2. The lowest BCUT2D eigenvalue weighted by Crippen LogP contribution is -2.05. The van der Waals surface area contributed by atoms with E-state index in [1.54, 1.807) is 0 Å². The summed E-state index contributed by atoms with van der Waals surface area (Å²) < 4.78 is 5.50. The molecular weight excluding hydrogens is 693 g/mol. The molecule has 0 aliphatic rings. The summed E-state index contributed by atoms with van der Waals surface area (Å²) in [5.41, 5.74) is 0. The number of carbonyl (C=O) groups excluding carboxylic acids is 1. The predicted molar refractivity (Wildman–Crippen MR) is 258 cm³/mol. The Morgan fingerprint density at radius 1 is 0.228 bits per heavy atom. The zero-order valence-electron chi connectivity index (χ0n) is 40.1. The van der Waals surface area contributed by atoms with Crippen LogP contribution in [0, 0.1) is 0 Å². The molecule has 0 heterocycles. The van der Waals surface area contributed by atoms with Gasteiger partial charge in [-0.05, 0) is 12.8 Å². The van der Waals surface area contributed by atoms with E-state index in [0.717, 1.165) is 12.8 Å². The van der Waals surface area contributed by atoms with Crippen molar-refractivity contribution in [3.05, 3.63) is 0 Å². The molecular formula is C55H110O2. The van der Waals surface area contributed by atoms with Crippen molar-refractivity contribution in [3.8, 4) is 0 Å². The van der Waals surface area contributed by atoms with E-state index in [1.165, 1.54) is 308 Å². The fourth-order valence-electron chi connectivity index (χ4n) is 8.91. The highest BCUT2D eigenvalue weighted by atomic mass is 16.5. The Hall–Kier alpha value is -0.530. The van der Waals surface area contributed by atoms with Gasteiger partial charge in [-0.1, -0.05) is 322 Å². The Morgan fingerprint density at radius 3 is 0.579 bits per heavy atom. The first-order chi connectivity index (χ1) is 28.3. The predicted octanol–water partition coefficient (Wildman–Crippen LogP) is 20.5. The van der Waals surface area contributed by atoms with Crippen LogP contribution in [-0.2, 0) is 9.53 Å². The van der Waals surface area contributed by atoms with Crippen LogP contribution in [-0.4, -0.2) is 12.6 Å². The molecule has 0 aromatic heterocycles. The molecule has 0 atom stereocenters. The van der Waals surface area contributed by atoms with Gasteiger partial charge >= 0.3 is 5.97 Å². The first-order valence-corrected chi connectivity index (χ1v) is 27.5. The van der Waals surface area contributed by atoms with E-state index >= 15 is 0 Å². The highest BCUT2D eigenvalue weighted by Crippen LogP contribution is 2.18. The van der Waals surface area contributed by atoms with Crippen LogP contribution in [0.4, 0.5) is 0 Å². The fraction of sp³-hybridized carbons (Fsp3) is 0.982. The van der Waals surface area contributed by atoms with Crippen molar-refractivity contribution < 1.29 is 9.53 Å². The third kappa shape index (κ3) is 53.5. The smallest absolute Gasteiger partial charge is 0.305 e. The Labute approximate surface area is 362 Å². The molecule has 0 spiro atoms. The Bertz CT molecular complexity index is 703. The van der Waals surface area contributed by atoms with Gasteiger partial charge in [0.05, 0.1) is 6.61 Å². The van der Waals surface area contributed by atoms with Crippen LogP contribution >= 0.6 is 0 Å². The van der Waals surface area contributed by atoms with Crippen molar-refractivity contribution in [1.82, 2.24) is 0 Å². The number of esters is 1. The van der Waals surface area contributed by atoms with Gasteiger partial charge in [0, 0.05) is 6.42 Å². The SMILES string of the molecule is CCCCCCCCCCCCCCCCCCCCCCCCCCCCCCCCCC(=O)OCCCCCCCCCCCCCCCCCCCCC. The van der Waals surface area contributed by atoms with Crippen LogP contribution in [0.25, 0.3) is 0 Å². The monoisotopic (exact) mass is 803 g/mol. The van der Waals surface area contributed by atoms with Crippen molar-refractivity contribution in [2.24, 2.45) is 0 Å². The van der Waals surface area contributed by atoms with Crippen molar-refractivity contribution in [2.45, 2.75) is 341 Å². The van der Waals surface area contributed by atoms with Crippen LogP contribution in [0.15, 0.2) is 0 Å². The molecule has 0 bridgehead atoms. The molecule has 57 heavy (non-hydrogen) atoms. The lowest BCUT2D eigenvalue weighted by molar-refractivity contribution is -0.143.